The number of carbonyl (C=O) groups is 2. The van der Waals surface area contributed by atoms with Crippen LogP contribution < -0.4 is 25.0 Å². The molecule has 1 aromatic heterocycles. The van der Waals surface area contributed by atoms with Crippen molar-refractivity contribution >= 4 is 23.2 Å². The van der Waals surface area contributed by atoms with Crippen molar-refractivity contribution in [2.24, 2.45) is 5.10 Å². The second-order valence-electron chi connectivity index (χ2n) is 6.56. The molecule has 3 aromatic rings. The first kappa shape index (κ1) is 22.4. The number of hydrogen-bond donors (Lipinski definition) is 2. The Morgan fingerprint density at radius 2 is 1.59 bits per heavy atom. The Hall–Kier alpha value is -4.27. The summed E-state index contributed by atoms with van der Waals surface area (Å²) in [6.45, 7) is 1.74. The largest absolute Gasteiger partial charge is 0.493 e. The van der Waals surface area contributed by atoms with Gasteiger partial charge in [-0.1, -0.05) is 12.1 Å². The SMILES string of the molecule is COc1cc(C(=O)N/N=C(\C)c2cccc(NC(=O)c3ccco3)c2)cc(OC)c1OC. The van der Waals surface area contributed by atoms with E-state index >= 15 is 0 Å². The Morgan fingerprint density at radius 3 is 2.19 bits per heavy atom. The van der Waals surface area contributed by atoms with Crippen LogP contribution >= 0.6 is 0 Å². The molecule has 166 valence electrons. The minimum atomic E-state index is -0.453. The second kappa shape index (κ2) is 10.2. The van der Waals surface area contributed by atoms with E-state index in [0.29, 0.717) is 34.2 Å². The minimum absolute atomic E-state index is 0.207. The van der Waals surface area contributed by atoms with Gasteiger partial charge in [-0.3, -0.25) is 9.59 Å². The van der Waals surface area contributed by atoms with Crippen LogP contribution in [0.15, 0.2) is 64.3 Å². The highest BCUT2D eigenvalue weighted by Gasteiger charge is 2.17. The average Bonchev–Trinajstić information content (AvgIpc) is 3.36. The topological polar surface area (TPSA) is 111 Å². The molecule has 0 unspecified atom stereocenters. The number of nitrogens with zero attached hydrogens (tertiary/aromatic N) is 1. The lowest BCUT2D eigenvalue weighted by Crippen LogP contribution is -2.19. The number of hydrazone groups is 1. The summed E-state index contributed by atoms with van der Waals surface area (Å²) in [6.07, 6.45) is 1.43. The van der Waals surface area contributed by atoms with E-state index < -0.39 is 5.91 Å². The monoisotopic (exact) mass is 437 g/mol. The summed E-state index contributed by atoms with van der Waals surface area (Å²) in [5, 5.41) is 6.92. The quantitative estimate of drug-likeness (QED) is 0.410. The molecule has 0 aliphatic rings. The number of anilines is 1. The molecule has 2 amide bonds. The van der Waals surface area contributed by atoms with E-state index in [4.69, 9.17) is 18.6 Å². The Balaban J connectivity index is 1.74. The first-order valence-electron chi connectivity index (χ1n) is 9.56. The van der Waals surface area contributed by atoms with Gasteiger partial charge in [0.2, 0.25) is 5.75 Å². The highest BCUT2D eigenvalue weighted by atomic mass is 16.5. The summed E-state index contributed by atoms with van der Waals surface area (Å²) >= 11 is 0. The first-order valence-corrected chi connectivity index (χ1v) is 9.56. The van der Waals surface area contributed by atoms with Crippen LogP contribution in [0.1, 0.15) is 33.4 Å². The fourth-order valence-electron chi connectivity index (χ4n) is 2.90. The Labute approximate surface area is 185 Å². The molecule has 0 fully saturated rings. The third-order valence-electron chi connectivity index (χ3n) is 4.54. The van der Waals surface area contributed by atoms with Crippen molar-refractivity contribution in [3.63, 3.8) is 0 Å². The molecule has 0 aliphatic heterocycles. The molecule has 0 saturated carbocycles. The van der Waals surface area contributed by atoms with E-state index in [1.807, 2.05) is 6.07 Å². The van der Waals surface area contributed by atoms with Gasteiger partial charge >= 0.3 is 0 Å². The second-order valence-corrected chi connectivity index (χ2v) is 6.56. The van der Waals surface area contributed by atoms with Gasteiger partial charge in [0.15, 0.2) is 17.3 Å². The average molecular weight is 437 g/mol. The van der Waals surface area contributed by atoms with Crippen molar-refractivity contribution in [3.05, 3.63) is 71.7 Å². The predicted octanol–water partition coefficient (Wildman–Crippen LogP) is 3.71. The minimum Gasteiger partial charge on any atom is -0.493 e. The van der Waals surface area contributed by atoms with E-state index in [0.717, 1.165) is 0 Å². The molecule has 2 N–H and O–H groups in total. The van der Waals surface area contributed by atoms with Gasteiger partial charge in [0, 0.05) is 11.3 Å². The van der Waals surface area contributed by atoms with Crippen molar-refractivity contribution in [1.29, 1.82) is 0 Å². The highest BCUT2D eigenvalue weighted by molar-refractivity contribution is 6.04. The Bertz CT molecular complexity index is 1110. The molecule has 0 spiro atoms. The zero-order chi connectivity index (χ0) is 23.1. The third kappa shape index (κ3) is 5.07. The third-order valence-corrected chi connectivity index (χ3v) is 4.54. The number of rotatable bonds is 8. The molecule has 0 saturated heterocycles. The van der Waals surface area contributed by atoms with Crippen molar-refractivity contribution in [2.45, 2.75) is 6.92 Å². The number of furan rings is 1. The van der Waals surface area contributed by atoms with Gasteiger partial charge < -0.3 is 23.9 Å². The van der Waals surface area contributed by atoms with Crippen molar-refractivity contribution < 1.29 is 28.2 Å². The zero-order valence-corrected chi connectivity index (χ0v) is 18.1. The maximum atomic E-state index is 12.6. The van der Waals surface area contributed by atoms with E-state index in [1.54, 1.807) is 37.3 Å². The molecular formula is C23H23N3O6. The normalized spacial score (nSPS) is 10.9. The maximum absolute atomic E-state index is 12.6. The van der Waals surface area contributed by atoms with E-state index in [1.165, 1.54) is 39.7 Å². The first-order chi connectivity index (χ1) is 15.5. The maximum Gasteiger partial charge on any atom is 0.291 e. The van der Waals surface area contributed by atoms with Crippen LogP contribution in [0.3, 0.4) is 0 Å². The van der Waals surface area contributed by atoms with E-state index in [9.17, 15) is 9.59 Å². The summed E-state index contributed by atoms with van der Waals surface area (Å²) in [5.74, 6) is 0.497. The van der Waals surface area contributed by atoms with Crippen molar-refractivity contribution in [2.75, 3.05) is 26.6 Å². The zero-order valence-electron chi connectivity index (χ0n) is 18.1. The summed E-state index contributed by atoms with van der Waals surface area (Å²) in [5.41, 5.74) is 4.62. The summed E-state index contributed by atoms with van der Waals surface area (Å²) in [6, 6.07) is 13.3. The molecule has 0 radical (unpaired) electrons. The van der Waals surface area contributed by atoms with E-state index in [-0.39, 0.29) is 17.2 Å². The van der Waals surface area contributed by atoms with Crippen LogP contribution in [-0.4, -0.2) is 38.9 Å². The Morgan fingerprint density at radius 1 is 0.875 bits per heavy atom. The number of hydrogen-bond acceptors (Lipinski definition) is 7. The molecule has 32 heavy (non-hydrogen) atoms. The van der Waals surface area contributed by atoms with Crippen LogP contribution in [-0.2, 0) is 0 Å². The van der Waals surface area contributed by atoms with Crippen LogP contribution in [0, 0.1) is 0 Å². The standard InChI is InChI=1S/C23H23N3O6/c1-14(15-7-5-8-17(11-15)24-23(28)18-9-6-10-32-18)25-26-22(27)16-12-19(29-2)21(31-4)20(13-16)30-3/h5-13H,1-4H3,(H,24,28)(H,26,27)/b25-14+. The van der Waals surface area contributed by atoms with Gasteiger partial charge in [0.05, 0.1) is 33.3 Å². The van der Waals surface area contributed by atoms with E-state index in [2.05, 4.69) is 15.8 Å². The highest BCUT2D eigenvalue weighted by Crippen LogP contribution is 2.38. The van der Waals surface area contributed by atoms with Crippen LogP contribution in [0.25, 0.3) is 0 Å². The lowest BCUT2D eigenvalue weighted by molar-refractivity contribution is 0.0952. The number of nitrogens with one attached hydrogen (secondary N) is 2. The van der Waals surface area contributed by atoms with Crippen molar-refractivity contribution in [1.82, 2.24) is 5.43 Å². The number of methoxy groups -OCH3 is 3. The smallest absolute Gasteiger partial charge is 0.291 e. The number of benzene rings is 2. The van der Waals surface area contributed by atoms with Gasteiger partial charge in [0.1, 0.15) is 0 Å². The molecule has 0 bridgehead atoms. The molecule has 0 atom stereocenters. The molecule has 0 aliphatic carbocycles. The lowest BCUT2D eigenvalue weighted by Gasteiger charge is -2.13. The number of ether oxygens (including phenoxy) is 3. The summed E-state index contributed by atoms with van der Waals surface area (Å²) in [7, 11) is 4.43. The van der Waals surface area contributed by atoms with Gasteiger partial charge in [-0.15, -0.1) is 0 Å². The molecular weight excluding hydrogens is 414 g/mol. The lowest BCUT2D eigenvalue weighted by atomic mass is 10.1. The number of carbonyl (C=O) groups excluding carboxylic acids is 2. The molecule has 3 rings (SSSR count). The molecule has 9 nitrogen and oxygen atoms in total. The molecule has 1 heterocycles. The van der Waals surface area contributed by atoms with Gasteiger partial charge in [-0.2, -0.15) is 5.10 Å². The van der Waals surface area contributed by atoms with Crippen LogP contribution in [0.4, 0.5) is 5.69 Å². The molecule has 2 aromatic carbocycles. The molecule has 9 heteroatoms. The summed E-state index contributed by atoms with van der Waals surface area (Å²) in [4.78, 5) is 24.8. The number of amides is 2. The van der Waals surface area contributed by atoms with Crippen molar-refractivity contribution in [3.8, 4) is 17.2 Å². The predicted molar refractivity (Wildman–Crippen MR) is 119 cm³/mol. The van der Waals surface area contributed by atoms with Gasteiger partial charge in [-0.25, -0.2) is 5.43 Å². The van der Waals surface area contributed by atoms with Crippen LogP contribution in [0.5, 0.6) is 17.2 Å². The van der Waals surface area contributed by atoms with Crippen LogP contribution in [0.2, 0.25) is 0 Å². The Kier molecular flexibility index (Phi) is 7.12. The fourth-order valence-corrected chi connectivity index (χ4v) is 2.90. The van der Waals surface area contributed by atoms with Gasteiger partial charge in [-0.05, 0) is 48.9 Å². The summed E-state index contributed by atoms with van der Waals surface area (Å²) < 4.78 is 20.9. The fraction of sp³-hybridized carbons (Fsp3) is 0.174. The van der Waals surface area contributed by atoms with Gasteiger partial charge in [0.25, 0.3) is 11.8 Å².